The molecule has 1 aromatic carbocycles. The Morgan fingerprint density at radius 2 is 1.83 bits per heavy atom. The molecular formula is C25H26F7N3O5S2. The average Bonchev–Trinajstić information content (AvgIpc) is 3.29. The number of alkyl halides is 7. The maximum absolute atomic E-state index is 14.3. The fourth-order valence-electron chi connectivity index (χ4n) is 5.88. The molecule has 0 radical (unpaired) electrons. The highest BCUT2D eigenvalue weighted by Gasteiger charge is 2.72. The zero-order chi connectivity index (χ0) is 31.0. The molecule has 2 saturated carbocycles. The largest absolute Gasteiger partial charge is 0.487 e. The van der Waals surface area contributed by atoms with E-state index in [1.807, 2.05) is 0 Å². The third kappa shape index (κ3) is 5.54. The molecule has 3 atom stereocenters. The second-order valence-corrected chi connectivity index (χ2v) is 13.9. The molecule has 0 bridgehead atoms. The Hall–Kier alpha value is -2.66. The van der Waals surface area contributed by atoms with E-state index in [1.165, 1.54) is 4.90 Å². The number of carboxylic acids is 1. The van der Waals surface area contributed by atoms with Crippen LogP contribution in [0.25, 0.3) is 0 Å². The molecule has 1 aromatic heterocycles. The summed E-state index contributed by atoms with van der Waals surface area (Å²) in [7, 11) is -3.46. The molecule has 2 aromatic rings. The first kappa shape index (κ1) is 30.8. The number of hydrogen-bond acceptors (Lipinski definition) is 7. The third-order valence-electron chi connectivity index (χ3n) is 8.23. The summed E-state index contributed by atoms with van der Waals surface area (Å²) in [4.78, 5) is 15.7. The van der Waals surface area contributed by atoms with E-state index in [1.54, 1.807) is 0 Å². The molecule has 5 rings (SSSR count). The van der Waals surface area contributed by atoms with Gasteiger partial charge in [-0.25, -0.2) is 35.8 Å². The average molecular weight is 646 g/mol. The molecule has 2 fully saturated rings. The maximum Gasteiger partial charge on any atom is 0.420 e. The zero-order valence-corrected chi connectivity index (χ0v) is 23.8. The monoisotopic (exact) mass is 645 g/mol. The predicted octanol–water partition coefficient (Wildman–Crippen LogP) is 5.73. The van der Waals surface area contributed by atoms with Crippen molar-refractivity contribution < 1.29 is 53.8 Å². The molecule has 2 aliphatic carbocycles. The van der Waals surface area contributed by atoms with Gasteiger partial charge in [0.25, 0.3) is 5.92 Å². The number of halogens is 7. The molecule has 1 aliphatic heterocycles. The lowest BCUT2D eigenvalue weighted by Crippen LogP contribution is -2.45. The summed E-state index contributed by atoms with van der Waals surface area (Å²) in [5.74, 6) is -10.4. The normalized spacial score (nSPS) is 26.8. The van der Waals surface area contributed by atoms with Crippen molar-refractivity contribution in [3.8, 4) is 5.75 Å². The molecule has 232 valence electrons. The molecule has 2 unspecified atom stereocenters. The van der Waals surface area contributed by atoms with E-state index in [4.69, 9.17) is 4.74 Å². The second-order valence-electron chi connectivity index (χ2n) is 11.0. The quantitative estimate of drug-likeness (QED) is 0.367. The number of ether oxygens (including phenoxy) is 1. The van der Waals surface area contributed by atoms with Crippen LogP contribution >= 0.6 is 11.3 Å². The van der Waals surface area contributed by atoms with Crippen molar-refractivity contribution in [2.75, 3.05) is 18.5 Å². The van der Waals surface area contributed by atoms with Crippen LogP contribution in [0.1, 0.15) is 53.5 Å². The molecule has 17 heteroatoms. The van der Waals surface area contributed by atoms with Crippen LogP contribution in [0.2, 0.25) is 0 Å². The van der Waals surface area contributed by atoms with E-state index in [-0.39, 0.29) is 36.4 Å². The van der Waals surface area contributed by atoms with Crippen molar-refractivity contribution in [3.63, 3.8) is 0 Å². The van der Waals surface area contributed by atoms with Crippen LogP contribution in [-0.4, -0.2) is 66.3 Å². The van der Waals surface area contributed by atoms with E-state index in [2.05, 4.69) is 4.98 Å². The predicted molar refractivity (Wildman–Crippen MR) is 136 cm³/mol. The van der Waals surface area contributed by atoms with Crippen molar-refractivity contribution in [2.45, 2.75) is 74.2 Å². The van der Waals surface area contributed by atoms with E-state index in [9.17, 15) is 49.1 Å². The Morgan fingerprint density at radius 3 is 2.40 bits per heavy atom. The van der Waals surface area contributed by atoms with Crippen LogP contribution in [0, 0.1) is 11.8 Å². The minimum atomic E-state index is -5.06. The number of carbonyl (C=O) groups is 1. The van der Waals surface area contributed by atoms with Crippen LogP contribution in [-0.2, 0) is 22.8 Å². The fraction of sp³-hybridized carbons (Fsp3) is 0.600. The first-order valence-corrected chi connectivity index (χ1v) is 15.2. The number of likely N-dealkylation sites (N-methyl/N-ethyl adjacent to an activating group) is 1. The molecule has 0 spiro atoms. The number of anilines is 1. The number of thiazole rings is 1. The highest BCUT2D eigenvalue weighted by molar-refractivity contribution is 7.89. The van der Waals surface area contributed by atoms with E-state index in [0.29, 0.717) is 19.1 Å². The number of fused-ring (bicyclic) bond motifs is 2. The fourth-order valence-corrected chi connectivity index (χ4v) is 8.12. The minimum absolute atomic E-state index is 0.0150. The van der Waals surface area contributed by atoms with Crippen LogP contribution in [0.5, 0.6) is 5.75 Å². The van der Waals surface area contributed by atoms with Crippen molar-refractivity contribution in [1.82, 2.24) is 9.29 Å². The number of sulfonamides is 1. The van der Waals surface area contributed by atoms with Crippen molar-refractivity contribution >= 4 is 33.0 Å². The van der Waals surface area contributed by atoms with E-state index in [0.717, 1.165) is 28.2 Å². The highest BCUT2D eigenvalue weighted by atomic mass is 32.2. The van der Waals surface area contributed by atoms with Crippen molar-refractivity contribution in [1.29, 1.82) is 0 Å². The lowest BCUT2D eigenvalue weighted by molar-refractivity contribution is -0.139. The summed E-state index contributed by atoms with van der Waals surface area (Å²) in [5.41, 5.74) is -1.02. The summed E-state index contributed by atoms with van der Waals surface area (Å²) in [6.45, 7) is -0.284. The first-order chi connectivity index (χ1) is 19.3. The molecule has 0 saturated heterocycles. The van der Waals surface area contributed by atoms with E-state index >= 15 is 0 Å². The molecule has 0 amide bonds. The van der Waals surface area contributed by atoms with Gasteiger partial charge < -0.3 is 14.7 Å². The smallest absolute Gasteiger partial charge is 0.420 e. The van der Waals surface area contributed by atoms with Gasteiger partial charge in [0.2, 0.25) is 15.9 Å². The minimum Gasteiger partial charge on any atom is -0.487 e. The summed E-state index contributed by atoms with van der Waals surface area (Å²) in [6.07, 6.45) is -6.30. The molecule has 3 aliphatic rings. The lowest BCUT2D eigenvalue weighted by atomic mass is 10.0. The van der Waals surface area contributed by atoms with Gasteiger partial charge in [-0.1, -0.05) is 0 Å². The lowest BCUT2D eigenvalue weighted by Gasteiger charge is -2.35. The van der Waals surface area contributed by atoms with Gasteiger partial charge in [-0.2, -0.15) is 17.5 Å². The first-order valence-electron chi connectivity index (χ1n) is 12.9. The van der Waals surface area contributed by atoms with Gasteiger partial charge in [0.1, 0.15) is 17.3 Å². The summed E-state index contributed by atoms with van der Waals surface area (Å²) >= 11 is 0.816. The maximum atomic E-state index is 14.3. The number of benzene rings is 1. The van der Waals surface area contributed by atoms with Gasteiger partial charge in [-0.15, -0.1) is 11.3 Å². The summed E-state index contributed by atoms with van der Waals surface area (Å²) < 4.78 is 132. The highest BCUT2D eigenvalue weighted by Crippen LogP contribution is 2.65. The topological polar surface area (TPSA) is 100 Å². The Kier molecular flexibility index (Phi) is 7.49. The zero-order valence-electron chi connectivity index (χ0n) is 22.2. The van der Waals surface area contributed by atoms with Crippen LogP contribution in [0.4, 0.5) is 36.4 Å². The second kappa shape index (κ2) is 10.2. The van der Waals surface area contributed by atoms with Crippen molar-refractivity contribution in [3.05, 3.63) is 33.8 Å². The van der Waals surface area contributed by atoms with Crippen LogP contribution in [0.15, 0.2) is 22.5 Å². The molecule has 2 heterocycles. The molecule has 8 nitrogen and oxygen atoms in total. The van der Waals surface area contributed by atoms with Gasteiger partial charge in [0.15, 0.2) is 5.69 Å². The van der Waals surface area contributed by atoms with Gasteiger partial charge in [0, 0.05) is 50.0 Å². The van der Waals surface area contributed by atoms with E-state index < -0.39 is 92.9 Å². The number of hydrogen-bond donors (Lipinski definition) is 1. The Morgan fingerprint density at radius 1 is 1.19 bits per heavy atom. The molecule has 1 N–H and O–H groups in total. The number of rotatable bonds is 8. The number of carboxylic acid groups (broad SMARTS) is 1. The standard InChI is InChI=1S/C25H26F7N3O5S2/c1-23(26,27)4-3-12-9-35(13-5-14-15(6-13)24(14,28)29)17-7-16(25(30,31)32)18(8-20(17)42(38,39)34(12)2)40-10-19-21(22(36)37)33-11-41-19/h7-8,11-15H,3-6,9-10H2,1-2H3,(H,36,37)/t12-,13?,14?,15?/m1/s1. The summed E-state index contributed by atoms with van der Waals surface area (Å²) in [6, 6.07) is -0.577. The van der Waals surface area contributed by atoms with Gasteiger partial charge in [0.05, 0.1) is 21.6 Å². The third-order valence-corrected chi connectivity index (χ3v) is 11.0. The number of nitrogens with zero attached hydrogens (tertiary/aromatic N) is 3. The Bertz CT molecular complexity index is 1480. The van der Waals surface area contributed by atoms with Crippen LogP contribution < -0.4 is 9.64 Å². The molecular weight excluding hydrogens is 619 g/mol. The summed E-state index contributed by atoms with van der Waals surface area (Å²) in [5, 5.41) is 9.25. The number of aromatic nitrogens is 1. The van der Waals surface area contributed by atoms with Gasteiger partial charge in [-0.3, -0.25) is 0 Å². The SMILES string of the molecule is CN1[C@H](CCC(C)(F)F)CN(C2CC3C(C2)C3(F)F)c2cc(C(F)(F)F)c(OCc3scnc3C(=O)O)cc2S1(=O)=O. The Labute approximate surface area is 240 Å². The van der Waals surface area contributed by atoms with Gasteiger partial charge in [-0.05, 0) is 32.3 Å². The van der Waals surface area contributed by atoms with Gasteiger partial charge >= 0.3 is 12.1 Å². The molecule has 42 heavy (non-hydrogen) atoms. The van der Waals surface area contributed by atoms with Crippen LogP contribution in [0.3, 0.4) is 0 Å². The van der Waals surface area contributed by atoms with Crippen molar-refractivity contribution in [2.24, 2.45) is 11.8 Å². The Balaban J connectivity index is 1.59. The number of aromatic carboxylic acids is 1.